The van der Waals surface area contributed by atoms with Crippen molar-refractivity contribution in [3.63, 3.8) is 0 Å². The first-order valence-electron chi connectivity index (χ1n) is 8.02. The van der Waals surface area contributed by atoms with Crippen LogP contribution in [-0.4, -0.2) is 40.7 Å². The lowest BCUT2D eigenvalue weighted by Gasteiger charge is -2.34. The van der Waals surface area contributed by atoms with E-state index >= 15 is 0 Å². The summed E-state index contributed by atoms with van der Waals surface area (Å²) in [5, 5.41) is 0. The molecule has 1 atom stereocenters. The quantitative estimate of drug-likeness (QED) is 0.818. The van der Waals surface area contributed by atoms with Gasteiger partial charge in [0.2, 0.25) is 0 Å². The van der Waals surface area contributed by atoms with Gasteiger partial charge in [0.05, 0.1) is 24.5 Å². The summed E-state index contributed by atoms with van der Waals surface area (Å²) >= 11 is 0. The molecule has 0 bridgehead atoms. The third-order valence-electron chi connectivity index (χ3n) is 4.40. The van der Waals surface area contributed by atoms with Crippen LogP contribution in [0.4, 0.5) is 0 Å². The van der Waals surface area contributed by atoms with Crippen molar-refractivity contribution in [2.45, 2.75) is 45.7 Å². The average molecular weight is 287 g/mol. The molecule has 1 unspecified atom stereocenters. The maximum absolute atomic E-state index is 5.43. The van der Waals surface area contributed by atoms with Crippen molar-refractivity contribution < 1.29 is 4.74 Å². The molecule has 1 aromatic heterocycles. The van der Waals surface area contributed by atoms with Gasteiger partial charge >= 0.3 is 0 Å². The molecule has 1 aliphatic rings. The molecule has 4 heteroatoms. The fraction of sp³-hybridized carbons (Fsp3) is 0.588. The Hall–Kier alpha value is -1.55. The van der Waals surface area contributed by atoms with E-state index in [1.165, 1.54) is 37.0 Å². The first kappa shape index (κ1) is 14.4. The lowest BCUT2D eigenvalue weighted by molar-refractivity contribution is 0.174. The molecule has 1 aliphatic heterocycles. The fourth-order valence-corrected chi connectivity index (χ4v) is 3.52. The number of nitrogens with zero attached hydrogens (tertiary/aromatic N) is 3. The summed E-state index contributed by atoms with van der Waals surface area (Å²) in [5.74, 6) is 0.918. The van der Waals surface area contributed by atoms with Crippen LogP contribution in [0.1, 0.15) is 32.3 Å². The monoisotopic (exact) mass is 287 g/mol. The molecule has 0 amide bonds. The van der Waals surface area contributed by atoms with Crippen molar-refractivity contribution in [3.05, 3.63) is 24.0 Å². The molecule has 114 valence electrons. The van der Waals surface area contributed by atoms with Crippen LogP contribution in [0, 0.1) is 0 Å². The highest BCUT2D eigenvalue weighted by molar-refractivity contribution is 5.81. The van der Waals surface area contributed by atoms with E-state index in [4.69, 9.17) is 4.74 Å². The van der Waals surface area contributed by atoms with Gasteiger partial charge in [-0.25, -0.2) is 4.98 Å². The largest absolute Gasteiger partial charge is 0.497 e. The van der Waals surface area contributed by atoms with Crippen LogP contribution in [0.3, 0.4) is 0 Å². The number of methoxy groups -OCH3 is 1. The van der Waals surface area contributed by atoms with Crippen molar-refractivity contribution in [2.75, 3.05) is 20.2 Å². The molecular weight excluding hydrogens is 262 g/mol. The molecule has 0 fully saturated rings. The second-order valence-corrected chi connectivity index (χ2v) is 5.95. The molecule has 3 rings (SSSR count). The standard InChI is InChI=1S/C17H25N3O/c1-4-6-19(7-5-2)14-8-13-9-15(21-3)10-16-17(13)20(11-14)12-18-16/h9-10,12,14H,4-8,11H2,1-3H3. The molecule has 0 N–H and O–H groups in total. The molecule has 0 aliphatic carbocycles. The Morgan fingerprint density at radius 1 is 1.29 bits per heavy atom. The highest BCUT2D eigenvalue weighted by Crippen LogP contribution is 2.30. The minimum atomic E-state index is 0.571. The Kier molecular flexibility index (Phi) is 4.15. The van der Waals surface area contributed by atoms with E-state index in [0.29, 0.717) is 6.04 Å². The Morgan fingerprint density at radius 2 is 2.05 bits per heavy atom. The number of rotatable bonds is 6. The lowest BCUT2D eigenvalue weighted by atomic mass is 9.98. The van der Waals surface area contributed by atoms with Crippen LogP contribution < -0.4 is 4.74 Å². The minimum absolute atomic E-state index is 0.571. The topological polar surface area (TPSA) is 30.3 Å². The van der Waals surface area contributed by atoms with Crippen molar-refractivity contribution in [1.82, 2.24) is 14.5 Å². The molecule has 0 saturated carbocycles. The third-order valence-corrected chi connectivity index (χ3v) is 4.40. The number of imidazole rings is 1. The molecule has 2 aromatic rings. The van der Waals surface area contributed by atoms with E-state index in [2.05, 4.69) is 34.4 Å². The molecule has 0 spiro atoms. The van der Waals surface area contributed by atoms with E-state index in [1.807, 2.05) is 12.4 Å². The summed E-state index contributed by atoms with van der Waals surface area (Å²) in [4.78, 5) is 7.18. The Labute approximate surface area is 126 Å². The van der Waals surface area contributed by atoms with Gasteiger partial charge in [-0.3, -0.25) is 4.90 Å². The molecule has 0 radical (unpaired) electrons. The molecule has 0 saturated heterocycles. The number of aromatic nitrogens is 2. The maximum atomic E-state index is 5.43. The first-order chi connectivity index (χ1) is 10.3. The van der Waals surface area contributed by atoms with Crippen molar-refractivity contribution in [1.29, 1.82) is 0 Å². The number of hydrogen-bond acceptors (Lipinski definition) is 3. The van der Waals surface area contributed by atoms with E-state index in [0.717, 1.165) is 24.2 Å². The predicted octanol–water partition coefficient (Wildman–Crippen LogP) is 3.09. The molecule has 1 aromatic carbocycles. The Morgan fingerprint density at radius 3 is 2.71 bits per heavy atom. The van der Waals surface area contributed by atoms with Crippen LogP contribution in [0.15, 0.2) is 18.5 Å². The highest BCUT2D eigenvalue weighted by Gasteiger charge is 2.26. The summed E-state index contributed by atoms with van der Waals surface area (Å²) < 4.78 is 7.74. The van der Waals surface area contributed by atoms with Gasteiger partial charge in [0.25, 0.3) is 0 Å². The number of ether oxygens (including phenoxy) is 1. The number of hydrogen-bond donors (Lipinski definition) is 0. The van der Waals surface area contributed by atoms with Gasteiger partial charge in [-0.05, 0) is 44.0 Å². The van der Waals surface area contributed by atoms with E-state index in [9.17, 15) is 0 Å². The third kappa shape index (κ3) is 2.64. The van der Waals surface area contributed by atoms with Crippen molar-refractivity contribution in [3.8, 4) is 5.75 Å². The van der Waals surface area contributed by atoms with Gasteiger partial charge in [0.1, 0.15) is 5.75 Å². The Balaban J connectivity index is 1.94. The summed E-state index contributed by atoms with van der Waals surface area (Å²) in [6.45, 7) is 7.93. The summed E-state index contributed by atoms with van der Waals surface area (Å²) in [6.07, 6.45) is 5.50. The smallest absolute Gasteiger partial charge is 0.121 e. The normalized spacial score (nSPS) is 17.6. The van der Waals surface area contributed by atoms with Crippen molar-refractivity contribution >= 4 is 11.0 Å². The van der Waals surface area contributed by atoms with E-state index in [-0.39, 0.29) is 0 Å². The molecule has 4 nitrogen and oxygen atoms in total. The second kappa shape index (κ2) is 6.06. The zero-order valence-electron chi connectivity index (χ0n) is 13.3. The predicted molar refractivity (Wildman–Crippen MR) is 85.9 cm³/mol. The van der Waals surface area contributed by atoms with Crippen LogP contribution in [0.5, 0.6) is 5.75 Å². The van der Waals surface area contributed by atoms with Crippen LogP contribution in [0.2, 0.25) is 0 Å². The zero-order valence-corrected chi connectivity index (χ0v) is 13.3. The SMILES string of the molecule is CCCN(CCC)C1Cc2cc(OC)cc3ncn(c23)C1. The van der Waals surface area contributed by atoms with Crippen LogP contribution in [0.25, 0.3) is 11.0 Å². The number of benzene rings is 1. The molecular formula is C17H25N3O. The maximum Gasteiger partial charge on any atom is 0.121 e. The fourth-order valence-electron chi connectivity index (χ4n) is 3.52. The van der Waals surface area contributed by atoms with Gasteiger partial charge in [-0.2, -0.15) is 0 Å². The molecule has 21 heavy (non-hydrogen) atoms. The Bertz CT molecular complexity index is 614. The first-order valence-corrected chi connectivity index (χ1v) is 8.02. The second-order valence-electron chi connectivity index (χ2n) is 5.95. The minimum Gasteiger partial charge on any atom is -0.497 e. The van der Waals surface area contributed by atoms with Crippen LogP contribution >= 0.6 is 0 Å². The van der Waals surface area contributed by atoms with Gasteiger partial charge in [0, 0.05) is 18.7 Å². The summed E-state index contributed by atoms with van der Waals surface area (Å²) in [5.41, 5.74) is 3.72. The van der Waals surface area contributed by atoms with Crippen molar-refractivity contribution in [2.24, 2.45) is 0 Å². The van der Waals surface area contributed by atoms with Crippen LogP contribution in [-0.2, 0) is 13.0 Å². The van der Waals surface area contributed by atoms with E-state index in [1.54, 1.807) is 7.11 Å². The highest BCUT2D eigenvalue weighted by atomic mass is 16.5. The van der Waals surface area contributed by atoms with Gasteiger partial charge in [-0.1, -0.05) is 13.8 Å². The lowest BCUT2D eigenvalue weighted by Crippen LogP contribution is -2.42. The van der Waals surface area contributed by atoms with Gasteiger partial charge in [-0.15, -0.1) is 0 Å². The van der Waals surface area contributed by atoms with E-state index < -0.39 is 0 Å². The zero-order chi connectivity index (χ0) is 14.8. The molecule has 2 heterocycles. The summed E-state index contributed by atoms with van der Waals surface area (Å²) in [6, 6.07) is 4.79. The summed E-state index contributed by atoms with van der Waals surface area (Å²) in [7, 11) is 1.73. The van der Waals surface area contributed by atoms with Gasteiger partial charge < -0.3 is 9.30 Å². The van der Waals surface area contributed by atoms with Gasteiger partial charge in [0.15, 0.2) is 0 Å². The average Bonchev–Trinajstić information content (AvgIpc) is 2.91.